The van der Waals surface area contributed by atoms with Gasteiger partial charge < -0.3 is 4.90 Å². The Labute approximate surface area is 168 Å². The molecule has 1 aromatic heterocycles. The summed E-state index contributed by atoms with van der Waals surface area (Å²) in [5.74, 6) is -0.115. The van der Waals surface area contributed by atoms with Gasteiger partial charge in [-0.05, 0) is 55.2 Å². The van der Waals surface area contributed by atoms with E-state index in [-0.39, 0.29) is 11.8 Å². The van der Waals surface area contributed by atoms with Crippen molar-refractivity contribution >= 4 is 34.0 Å². The average Bonchev–Trinajstić information content (AvgIpc) is 3.30. The molecule has 0 radical (unpaired) electrons. The number of benzene rings is 2. The van der Waals surface area contributed by atoms with E-state index in [0.717, 1.165) is 41.0 Å². The summed E-state index contributed by atoms with van der Waals surface area (Å²) in [5, 5.41) is 5.36. The van der Waals surface area contributed by atoms with Gasteiger partial charge in [0, 0.05) is 35.7 Å². The van der Waals surface area contributed by atoms with Crippen molar-refractivity contribution in [3.8, 4) is 11.3 Å². The topological polar surface area (TPSA) is 62.3 Å². The number of rotatable bonds is 3. The van der Waals surface area contributed by atoms with Crippen LogP contribution in [0.15, 0.2) is 41.8 Å². The predicted octanol–water partition coefficient (Wildman–Crippen LogP) is 4.59. The summed E-state index contributed by atoms with van der Waals surface area (Å²) in [6.45, 7) is 6.33. The van der Waals surface area contributed by atoms with Crippen molar-refractivity contribution in [2.24, 2.45) is 0 Å². The van der Waals surface area contributed by atoms with Crippen LogP contribution in [0.1, 0.15) is 34.0 Å². The molecule has 0 saturated carbocycles. The minimum Gasteiger partial charge on any atom is -0.312 e. The molecule has 0 spiro atoms. The molecular weight excluding hydrogens is 370 g/mol. The van der Waals surface area contributed by atoms with Crippen molar-refractivity contribution in [1.82, 2.24) is 4.98 Å². The molecule has 4 rings (SSSR count). The molecule has 1 aliphatic heterocycles. The van der Waals surface area contributed by atoms with Gasteiger partial charge in [0.15, 0.2) is 5.13 Å². The van der Waals surface area contributed by atoms with Crippen molar-refractivity contribution in [1.29, 1.82) is 0 Å². The first-order valence-corrected chi connectivity index (χ1v) is 10.1. The number of nitrogens with zero attached hydrogens (tertiary/aromatic N) is 2. The van der Waals surface area contributed by atoms with Crippen LogP contribution in [0.25, 0.3) is 11.3 Å². The highest BCUT2D eigenvalue weighted by atomic mass is 32.1. The van der Waals surface area contributed by atoms with Crippen LogP contribution >= 0.6 is 11.3 Å². The van der Waals surface area contributed by atoms with E-state index in [2.05, 4.69) is 16.4 Å². The minimum atomic E-state index is -0.166. The molecule has 2 amide bonds. The van der Waals surface area contributed by atoms with E-state index in [1.165, 1.54) is 16.9 Å². The lowest BCUT2D eigenvalue weighted by molar-refractivity contribution is -0.116. The number of carbonyl (C=O) groups is 2. The maximum Gasteiger partial charge on any atom is 0.257 e. The van der Waals surface area contributed by atoms with Crippen LogP contribution in [0.3, 0.4) is 0 Å². The Kier molecular flexibility index (Phi) is 4.73. The van der Waals surface area contributed by atoms with Crippen LogP contribution in [0.5, 0.6) is 0 Å². The first-order valence-electron chi connectivity index (χ1n) is 9.18. The highest BCUT2D eigenvalue weighted by Crippen LogP contribution is 2.34. The average molecular weight is 391 g/mol. The number of hydrogen-bond donors (Lipinski definition) is 1. The molecule has 3 aromatic rings. The lowest BCUT2D eigenvalue weighted by Gasteiger charge is -2.15. The van der Waals surface area contributed by atoms with Gasteiger partial charge >= 0.3 is 0 Å². The molecule has 5 nitrogen and oxygen atoms in total. The third kappa shape index (κ3) is 3.43. The zero-order valence-electron chi connectivity index (χ0n) is 16.1. The second-order valence-corrected chi connectivity index (χ2v) is 7.91. The van der Waals surface area contributed by atoms with Crippen LogP contribution in [0.4, 0.5) is 10.8 Å². The van der Waals surface area contributed by atoms with E-state index in [0.29, 0.717) is 10.7 Å². The van der Waals surface area contributed by atoms with Gasteiger partial charge in [-0.15, -0.1) is 11.3 Å². The molecule has 0 bridgehead atoms. The molecule has 0 unspecified atom stereocenters. The van der Waals surface area contributed by atoms with Crippen LogP contribution < -0.4 is 10.2 Å². The van der Waals surface area contributed by atoms with Crippen LogP contribution in [0.2, 0.25) is 0 Å². The van der Waals surface area contributed by atoms with Gasteiger partial charge in [0.25, 0.3) is 5.91 Å². The Bertz CT molecular complexity index is 1090. The normalized spacial score (nSPS) is 12.8. The molecule has 0 fully saturated rings. The number of hydrogen-bond acceptors (Lipinski definition) is 4. The number of carbonyl (C=O) groups excluding carboxylic acids is 2. The fourth-order valence-electron chi connectivity index (χ4n) is 3.38. The summed E-state index contributed by atoms with van der Waals surface area (Å²) in [4.78, 5) is 30.7. The summed E-state index contributed by atoms with van der Waals surface area (Å²) in [7, 11) is 0. The first-order chi connectivity index (χ1) is 13.4. The van der Waals surface area contributed by atoms with E-state index in [1.807, 2.05) is 49.6 Å². The summed E-state index contributed by atoms with van der Waals surface area (Å²) < 4.78 is 0. The molecule has 1 N–H and O–H groups in total. The number of anilines is 2. The van der Waals surface area contributed by atoms with E-state index >= 15 is 0 Å². The molecule has 1 aliphatic rings. The predicted molar refractivity (Wildman–Crippen MR) is 113 cm³/mol. The number of aryl methyl sites for hydroxylation is 2. The molecule has 0 aliphatic carbocycles. The highest BCUT2D eigenvalue weighted by Gasteiger charge is 2.23. The zero-order valence-corrected chi connectivity index (χ0v) is 16.9. The first kappa shape index (κ1) is 18.4. The third-order valence-corrected chi connectivity index (χ3v) is 5.91. The molecule has 0 saturated heterocycles. The van der Waals surface area contributed by atoms with Crippen molar-refractivity contribution < 1.29 is 9.59 Å². The maximum absolute atomic E-state index is 12.5. The van der Waals surface area contributed by atoms with Crippen LogP contribution in [0, 0.1) is 13.8 Å². The van der Waals surface area contributed by atoms with Gasteiger partial charge in [0.2, 0.25) is 5.91 Å². The number of amides is 2. The fourth-order valence-corrected chi connectivity index (χ4v) is 4.10. The smallest absolute Gasteiger partial charge is 0.257 e. The van der Waals surface area contributed by atoms with E-state index in [1.54, 1.807) is 11.8 Å². The molecule has 142 valence electrons. The summed E-state index contributed by atoms with van der Waals surface area (Å²) in [6, 6.07) is 11.7. The van der Waals surface area contributed by atoms with Gasteiger partial charge in [-0.2, -0.15) is 0 Å². The van der Waals surface area contributed by atoms with E-state index < -0.39 is 0 Å². The summed E-state index contributed by atoms with van der Waals surface area (Å²) in [5.41, 5.74) is 6.73. The van der Waals surface area contributed by atoms with Gasteiger partial charge in [-0.25, -0.2) is 4.98 Å². The van der Waals surface area contributed by atoms with Crippen LogP contribution in [-0.2, 0) is 11.2 Å². The van der Waals surface area contributed by atoms with Crippen molar-refractivity contribution in [3.63, 3.8) is 0 Å². The summed E-state index contributed by atoms with van der Waals surface area (Å²) in [6.07, 6.45) is 0.879. The van der Waals surface area contributed by atoms with E-state index in [4.69, 9.17) is 0 Å². The zero-order chi connectivity index (χ0) is 19.8. The second-order valence-electron chi connectivity index (χ2n) is 7.06. The molecule has 6 heteroatoms. The lowest BCUT2D eigenvalue weighted by Crippen LogP contribution is -2.25. The minimum absolute atomic E-state index is 0.0514. The van der Waals surface area contributed by atoms with Gasteiger partial charge in [0.05, 0.1) is 5.69 Å². The van der Waals surface area contributed by atoms with E-state index in [9.17, 15) is 9.59 Å². The lowest BCUT2D eigenvalue weighted by atomic mass is 10.1. The Morgan fingerprint density at radius 3 is 2.68 bits per heavy atom. The molecular formula is C22H21N3O2S. The second kappa shape index (κ2) is 7.20. The molecule has 0 atom stereocenters. The Balaban J connectivity index is 1.55. The highest BCUT2D eigenvalue weighted by molar-refractivity contribution is 7.14. The SMILES string of the molecule is CC(=O)N1CCc2ccc(-c3csc(NC(=O)c4ccc(C)c(C)c4)n3)cc21. The number of thiazole rings is 1. The van der Waals surface area contributed by atoms with Gasteiger partial charge in [-0.1, -0.05) is 18.2 Å². The van der Waals surface area contributed by atoms with Crippen LogP contribution in [-0.4, -0.2) is 23.3 Å². The Morgan fingerprint density at radius 1 is 1.11 bits per heavy atom. The Morgan fingerprint density at radius 2 is 1.93 bits per heavy atom. The third-order valence-electron chi connectivity index (χ3n) is 5.15. The monoisotopic (exact) mass is 391 g/mol. The van der Waals surface area contributed by atoms with Crippen molar-refractivity contribution in [3.05, 3.63) is 64.0 Å². The molecule has 2 heterocycles. The number of fused-ring (bicyclic) bond motifs is 1. The quantitative estimate of drug-likeness (QED) is 0.710. The largest absolute Gasteiger partial charge is 0.312 e. The molecule has 28 heavy (non-hydrogen) atoms. The van der Waals surface area contributed by atoms with Crippen molar-refractivity contribution in [2.45, 2.75) is 27.2 Å². The Hall–Kier alpha value is -2.99. The number of nitrogens with one attached hydrogen (secondary N) is 1. The fraction of sp³-hybridized carbons (Fsp3) is 0.227. The van der Waals surface area contributed by atoms with Gasteiger partial charge in [-0.3, -0.25) is 14.9 Å². The number of aromatic nitrogens is 1. The maximum atomic E-state index is 12.5. The van der Waals surface area contributed by atoms with Crippen molar-refractivity contribution in [2.75, 3.05) is 16.8 Å². The molecule has 2 aromatic carbocycles. The standard InChI is InChI=1S/C22H21N3O2S/c1-13-4-5-18(10-14(13)2)21(27)24-22-23-19(12-28-22)17-7-6-16-8-9-25(15(3)26)20(16)11-17/h4-7,10-12H,8-9H2,1-3H3,(H,23,24,27). The summed E-state index contributed by atoms with van der Waals surface area (Å²) >= 11 is 1.39. The van der Waals surface area contributed by atoms with Gasteiger partial charge in [0.1, 0.15) is 0 Å².